The van der Waals surface area contributed by atoms with E-state index >= 15 is 0 Å². The molecule has 0 nitrogen and oxygen atoms in total. The van der Waals surface area contributed by atoms with Crippen molar-refractivity contribution in [1.82, 2.24) is 0 Å². The Bertz CT molecular complexity index is 657. The summed E-state index contributed by atoms with van der Waals surface area (Å²) in [7, 11) is 0. The third-order valence-corrected chi connectivity index (χ3v) is 3.44. The highest BCUT2D eigenvalue weighted by molar-refractivity contribution is 6.02. The van der Waals surface area contributed by atoms with E-state index in [9.17, 15) is 0 Å². The van der Waals surface area contributed by atoms with Crippen LogP contribution in [0.15, 0.2) is 54.6 Å². The Kier molecular flexibility index (Phi) is 2.29. The van der Waals surface area contributed by atoms with Gasteiger partial charge in [-0.05, 0) is 6.92 Å². The van der Waals surface area contributed by atoms with Gasteiger partial charge in [0.1, 0.15) is 0 Å². The monoisotopic (exact) mass is 219 g/mol. The lowest BCUT2D eigenvalue weighted by molar-refractivity contribution is 1.47. The number of rotatable bonds is 1. The van der Waals surface area contributed by atoms with E-state index < -0.39 is 0 Å². The second-order valence-corrected chi connectivity index (χ2v) is 4.60. The van der Waals surface area contributed by atoms with Crippen LogP contribution in [-0.4, -0.2) is 0 Å². The summed E-state index contributed by atoms with van der Waals surface area (Å²) in [6.45, 7) is 4.37. The first-order chi connectivity index (χ1) is 8.27. The predicted octanol–water partition coefficient (Wildman–Crippen LogP) is 4.84. The van der Waals surface area contributed by atoms with Crippen molar-refractivity contribution in [1.29, 1.82) is 0 Å². The molecule has 0 unspecified atom stereocenters. The first-order valence-electron chi connectivity index (χ1n) is 5.98. The number of benzene rings is 2. The Balaban J connectivity index is 2.36. The number of hydrogen-bond acceptors (Lipinski definition) is 0. The zero-order valence-corrected chi connectivity index (χ0v) is 10.2. The Labute approximate surface area is 102 Å². The van der Waals surface area contributed by atoms with Gasteiger partial charge in [-0.2, -0.15) is 0 Å². The molecule has 0 atom stereocenters. The molecule has 0 heterocycles. The Hall–Kier alpha value is -1.95. The van der Waals surface area contributed by atoms with Crippen molar-refractivity contribution in [3.63, 3.8) is 0 Å². The van der Waals surface area contributed by atoms with Crippen LogP contribution in [0.5, 0.6) is 0 Å². The molecule has 0 aliphatic heterocycles. The summed E-state index contributed by atoms with van der Waals surface area (Å²) in [6, 6.07) is 19.5. The average molecular weight is 219 g/mol. The van der Waals surface area contributed by atoms with E-state index in [2.05, 4.69) is 68.4 Å². The van der Waals surface area contributed by atoms with E-state index in [1.54, 1.807) is 0 Å². The summed E-state index contributed by atoms with van der Waals surface area (Å²) in [6.07, 6.45) is 0. The van der Waals surface area contributed by atoms with Crippen LogP contribution in [0.1, 0.15) is 11.1 Å². The Morgan fingerprint density at radius 2 is 1.47 bits per heavy atom. The van der Waals surface area contributed by atoms with Crippen LogP contribution in [0.2, 0.25) is 0 Å². The summed E-state index contributed by atoms with van der Waals surface area (Å²) in [4.78, 5) is 0. The van der Waals surface area contributed by atoms with Crippen LogP contribution in [0.3, 0.4) is 0 Å². The van der Waals surface area contributed by atoms with Crippen LogP contribution in [0.4, 0.5) is 0 Å². The van der Waals surface area contributed by atoms with Gasteiger partial charge in [-0.15, -0.1) is 29.8 Å². The summed E-state index contributed by atoms with van der Waals surface area (Å²) < 4.78 is 0. The first kappa shape index (κ1) is 10.2. The van der Waals surface area contributed by atoms with Crippen LogP contribution >= 0.6 is 0 Å². The standard InChI is InChI=1S/C17H15/c1-12-8-9-13(2)17-15(12)10-11-16(17)14-6-4-3-5-7-14/h3-11H,1-2H3/q-1. The van der Waals surface area contributed by atoms with Crippen molar-refractivity contribution in [3.8, 4) is 11.1 Å². The van der Waals surface area contributed by atoms with Gasteiger partial charge in [0.2, 0.25) is 0 Å². The van der Waals surface area contributed by atoms with Gasteiger partial charge in [-0.3, -0.25) is 0 Å². The van der Waals surface area contributed by atoms with E-state index in [0.717, 1.165) is 0 Å². The molecule has 3 aromatic carbocycles. The maximum Gasteiger partial charge on any atom is -0.0456 e. The van der Waals surface area contributed by atoms with Crippen molar-refractivity contribution in [2.75, 3.05) is 0 Å². The summed E-state index contributed by atoms with van der Waals surface area (Å²) in [5, 5.41) is 2.78. The molecule has 0 spiro atoms. The molecule has 84 valence electrons. The zero-order chi connectivity index (χ0) is 11.8. The molecule has 0 heteroatoms. The Morgan fingerprint density at radius 3 is 2.24 bits per heavy atom. The van der Waals surface area contributed by atoms with E-state index in [4.69, 9.17) is 0 Å². The molecule has 3 rings (SSSR count). The highest BCUT2D eigenvalue weighted by atomic mass is 14.1. The van der Waals surface area contributed by atoms with Crippen LogP contribution < -0.4 is 0 Å². The summed E-state index contributed by atoms with van der Waals surface area (Å²) >= 11 is 0. The molecule has 0 aliphatic carbocycles. The molecular formula is C17H15-. The molecule has 0 bridgehead atoms. The number of fused-ring (bicyclic) bond motifs is 1. The minimum absolute atomic E-state index is 1.30. The fraction of sp³-hybridized carbons (Fsp3) is 0.118. The van der Waals surface area contributed by atoms with E-state index in [-0.39, 0.29) is 0 Å². The van der Waals surface area contributed by atoms with Gasteiger partial charge in [-0.25, -0.2) is 0 Å². The quantitative estimate of drug-likeness (QED) is 0.513. The lowest BCUT2D eigenvalue weighted by atomic mass is 9.99. The van der Waals surface area contributed by atoms with E-state index in [0.29, 0.717) is 0 Å². The lowest BCUT2D eigenvalue weighted by Gasteiger charge is -2.11. The molecule has 0 aromatic heterocycles. The maximum absolute atomic E-state index is 2.24. The minimum Gasteiger partial charge on any atom is -0.129 e. The van der Waals surface area contributed by atoms with Gasteiger partial charge in [0, 0.05) is 0 Å². The largest absolute Gasteiger partial charge is 0.129 e. The normalized spacial score (nSPS) is 10.9. The second kappa shape index (κ2) is 3.81. The van der Waals surface area contributed by atoms with Crippen molar-refractivity contribution in [2.24, 2.45) is 0 Å². The lowest BCUT2D eigenvalue weighted by Crippen LogP contribution is -1.81. The molecule has 3 aromatic rings. The third kappa shape index (κ3) is 1.57. The van der Waals surface area contributed by atoms with Gasteiger partial charge in [0.05, 0.1) is 0 Å². The fourth-order valence-electron chi connectivity index (χ4n) is 2.51. The summed E-state index contributed by atoms with van der Waals surface area (Å²) in [5.41, 5.74) is 5.36. The molecule has 0 N–H and O–H groups in total. The molecule has 0 saturated heterocycles. The van der Waals surface area contributed by atoms with Gasteiger partial charge in [0.25, 0.3) is 0 Å². The van der Waals surface area contributed by atoms with Gasteiger partial charge >= 0.3 is 0 Å². The number of hydrogen-bond donors (Lipinski definition) is 0. The van der Waals surface area contributed by atoms with Gasteiger partial charge in [0.15, 0.2) is 0 Å². The third-order valence-electron chi connectivity index (χ3n) is 3.44. The SMILES string of the molecule is Cc1ccc(C)c2c1cc[c-]2-c1ccccc1. The molecular weight excluding hydrogens is 204 g/mol. The van der Waals surface area contributed by atoms with E-state index in [1.165, 1.54) is 33.0 Å². The molecule has 0 saturated carbocycles. The summed E-state index contributed by atoms with van der Waals surface area (Å²) in [5.74, 6) is 0. The fourth-order valence-corrected chi connectivity index (χ4v) is 2.51. The zero-order valence-electron chi connectivity index (χ0n) is 10.2. The predicted molar refractivity (Wildman–Crippen MR) is 74.5 cm³/mol. The molecule has 0 radical (unpaired) electrons. The second-order valence-electron chi connectivity index (χ2n) is 4.60. The molecule has 0 aliphatic rings. The molecule has 17 heavy (non-hydrogen) atoms. The highest BCUT2D eigenvalue weighted by Crippen LogP contribution is 2.34. The van der Waals surface area contributed by atoms with Crippen LogP contribution in [-0.2, 0) is 0 Å². The molecule has 0 fully saturated rings. The Morgan fingerprint density at radius 1 is 0.765 bits per heavy atom. The van der Waals surface area contributed by atoms with Crippen molar-refractivity contribution in [3.05, 3.63) is 65.7 Å². The van der Waals surface area contributed by atoms with Crippen molar-refractivity contribution >= 4 is 10.8 Å². The van der Waals surface area contributed by atoms with E-state index in [1.807, 2.05) is 0 Å². The first-order valence-corrected chi connectivity index (χ1v) is 5.98. The van der Waals surface area contributed by atoms with Gasteiger partial charge in [-0.1, -0.05) is 64.7 Å². The van der Waals surface area contributed by atoms with Crippen molar-refractivity contribution < 1.29 is 0 Å². The topological polar surface area (TPSA) is 0 Å². The van der Waals surface area contributed by atoms with Crippen molar-refractivity contribution in [2.45, 2.75) is 13.8 Å². The van der Waals surface area contributed by atoms with Crippen LogP contribution in [0, 0.1) is 13.8 Å². The number of aryl methyl sites for hydroxylation is 2. The van der Waals surface area contributed by atoms with Gasteiger partial charge < -0.3 is 0 Å². The molecule has 0 amide bonds. The average Bonchev–Trinajstić information content (AvgIpc) is 2.81. The minimum atomic E-state index is 1.30. The maximum atomic E-state index is 2.24. The highest BCUT2D eigenvalue weighted by Gasteiger charge is 2.02. The smallest absolute Gasteiger partial charge is 0.0456 e. The van der Waals surface area contributed by atoms with Crippen LogP contribution in [0.25, 0.3) is 21.9 Å².